The first-order valence-corrected chi connectivity index (χ1v) is 7.12. The highest BCUT2D eigenvalue weighted by Gasteiger charge is 2.15. The molecule has 1 atom stereocenters. The van der Waals surface area contributed by atoms with Crippen molar-refractivity contribution < 1.29 is 4.79 Å². The zero-order valence-corrected chi connectivity index (χ0v) is 12.1. The first-order valence-electron chi connectivity index (χ1n) is 3.81. The Balaban J connectivity index is 2.90. The van der Waals surface area contributed by atoms with Crippen molar-refractivity contribution in [3.63, 3.8) is 0 Å². The van der Waals surface area contributed by atoms with Crippen molar-refractivity contribution in [2.75, 3.05) is 0 Å². The number of carbonyl (C=O) groups excluding carboxylic acids is 1. The first kappa shape index (κ1) is 12.4. The van der Waals surface area contributed by atoms with Crippen LogP contribution in [0.4, 0.5) is 0 Å². The lowest BCUT2D eigenvalue weighted by Gasteiger charge is -2.02. The lowest BCUT2D eigenvalue weighted by atomic mass is 10.1. The van der Waals surface area contributed by atoms with Crippen LogP contribution in [0.1, 0.15) is 22.1 Å². The van der Waals surface area contributed by atoms with E-state index in [0.717, 1.165) is 5.30 Å². The fraction of sp³-hybridized carbons (Fsp3) is 0.250. The molecule has 0 spiro atoms. The molecule has 76 valence electrons. The highest BCUT2D eigenvalue weighted by molar-refractivity contribution is 9.24. The Morgan fingerprint density at radius 3 is 2.79 bits per heavy atom. The van der Waals surface area contributed by atoms with Crippen LogP contribution in [-0.2, 0) is 0 Å². The number of hydrogen-bond donors (Lipinski definition) is 1. The standard InChI is InChI=1S/C8H8Br2NOPS/c9-6(10)3-5(12)4-1-2-13-7(4)8(11)14/h1-2,6,13H,3H2,(H2,11,14). The molecule has 14 heavy (non-hydrogen) atoms. The first-order chi connectivity index (χ1) is 6.52. The number of ketones is 1. The Labute approximate surface area is 106 Å². The average Bonchev–Trinajstić information content (AvgIpc) is 2.49. The van der Waals surface area contributed by atoms with E-state index < -0.39 is 0 Å². The van der Waals surface area contributed by atoms with Crippen LogP contribution in [0.3, 0.4) is 0 Å². The van der Waals surface area contributed by atoms with Gasteiger partial charge in [-0.05, 0) is 11.9 Å². The van der Waals surface area contributed by atoms with Gasteiger partial charge in [0, 0.05) is 17.3 Å². The van der Waals surface area contributed by atoms with Crippen LogP contribution in [0.5, 0.6) is 0 Å². The second-order valence-electron chi connectivity index (χ2n) is 2.65. The van der Waals surface area contributed by atoms with Gasteiger partial charge in [0.15, 0.2) is 5.78 Å². The smallest absolute Gasteiger partial charge is 0.165 e. The normalized spacial score (nSPS) is 11.1. The van der Waals surface area contributed by atoms with Gasteiger partial charge in [-0.15, -0.1) is 8.19 Å². The summed E-state index contributed by atoms with van der Waals surface area (Å²) in [6.07, 6.45) is 0.399. The maximum Gasteiger partial charge on any atom is 0.165 e. The molecule has 0 aromatic carbocycles. The summed E-state index contributed by atoms with van der Waals surface area (Å²) >= 11 is 11.4. The van der Waals surface area contributed by atoms with Crippen molar-refractivity contribution in [3.8, 4) is 0 Å². The molecular weight excluding hydrogens is 349 g/mol. The number of Topliss-reactive ketones (excluding diaryl/α,β-unsaturated/α-hetero) is 1. The van der Waals surface area contributed by atoms with Crippen LogP contribution in [-0.4, -0.2) is 14.5 Å². The van der Waals surface area contributed by atoms with Gasteiger partial charge in [-0.3, -0.25) is 4.79 Å². The highest BCUT2D eigenvalue weighted by atomic mass is 79.9. The highest BCUT2D eigenvalue weighted by Crippen LogP contribution is 2.25. The monoisotopic (exact) mass is 355 g/mol. The van der Waals surface area contributed by atoms with Crippen LogP contribution in [0, 0.1) is 0 Å². The third-order valence-corrected chi connectivity index (χ3v) is 3.83. The van der Waals surface area contributed by atoms with Crippen molar-refractivity contribution in [1.29, 1.82) is 0 Å². The van der Waals surface area contributed by atoms with Gasteiger partial charge >= 0.3 is 0 Å². The number of thiocarbonyl (C=S) groups is 1. The van der Waals surface area contributed by atoms with Crippen molar-refractivity contribution in [3.05, 3.63) is 22.7 Å². The molecule has 1 rings (SSSR count). The Kier molecular flexibility index (Phi) is 4.77. The van der Waals surface area contributed by atoms with Gasteiger partial charge in [-0.25, -0.2) is 0 Å². The van der Waals surface area contributed by atoms with Gasteiger partial charge in [0.1, 0.15) is 4.99 Å². The third kappa shape index (κ3) is 3.16. The maximum atomic E-state index is 11.7. The predicted molar refractivity (Wildman–Crippen MR) is 72.4 cm³/mol. The van der Waals surface area contributed by atoms with Gasteiger partial charge < -0.3 is 5.73 Å². The zero-order chi connectivity index (χ0) is 10.7. The molecule has 0 aliphatic heterocycles. The Hall–Kier alpha value is 0.300. The molecule has 1 aromatic rings. The summed E-state index contributed by atoms with van der Waals surface area (Å²) in [7, 11) is 0.431. The number of halogens is 2. The predicted octanol–water partition coefficient (Wildman–Crippen LogP) is 3.04. The molecule has 0 aliphatic rings. The molecule has 0 fully saturated rings. The largest absolute Gasteiger partial charge is 0.389 e. The van der Waals surface area contributed by atoms with E-state index in [0.29, 0.717) is 25.2 Å². The summed E-state index contributed by atoms with van der Waals surface area (Å²) < 4.78 is -0.0000655. The molecule has 2 N–H and O–H groups in total. The Morgan fingerprint density at radius 2 is 2.29 bits per heavy atom. The second kappa shape index (κ2) is 5.40. The lowest BCUT2D eigenvalue weighted by molar-refractivity contribution is 0.0988. The number of alkyl halides is 2. The van der Waals surface area contributed by atoms with Crippen LogP contribution >= 0.6 is 52.3 Å². The van der Waals surface area contributed by atoms with Gasteiger partial charge in [-0.1, -0.05) is 44.1 Å². The summed E-state index contributed by atoms with van der Waals surface area (Å²) in [5, 5.41) is 0.811. The molecule has 0 bridgehead atoms. The van der Waals surface area contributed by atoms with Crippen molar-refractivity contribution in [2.45, 2.75) is 10.2 Å². The minimum atomic E-state index is -0.0000655. The van der Waals surface area contributed by atoms with Gasteiger partial charge in [0.05, 0.1) is 3.74 Å². The van der Waals surface area contributed by atoms with Crippen LogP contribution in [0.2, 0.25) is 0 Å². The average molecular weight is 357 g/mol. The Bertz CT molecular complexity index is 364. The molecule has 1 heterocycles. The summed E-state index contributed by atoms with van der Waals surface area (Å²) in [4.78, 5) is 12.0. The van der Waals surface area contributed by atoms with E-state index in [1.165, 1.54) is 0 Å². The molecule has 0 saturated carbocycles. The van der Waals surface area contributed by atoms with Crippen LogP contribution in [0.25, 0.3) is 0 Å². The van der Waals surface area contributed by atoms with E-state index in [9.17, 15) is 4.79 Å². The molecule has 6 heteroatoms. The van der Waals surface area contributed by atoms with Crippen molar-refractivity contribution >= 4 is 63.0 Å². The molecule has 0 saturated heterocycles. The van der Waals surface area contributed by atoms with Gasteiger partial charge in [0.2, 0.25) is 0 Å². The van der Waals surface area contributed by atoms with E-state index in [1.54, 1.807) is 6.07 Å². The minimum Gasteiger partial charge on any atom is -0.389 e. The zero-order valence-electron chi connectivity index (χ0n) is 7.09. The SMILES string of the molecule is NC(=S)c1[pH]ccc1C(=O)CC(Br)Br. The summed E-state index contributed by atoms with van der Waals surface area (Å²) in [5.41, 5.74) is 6.19. The van der Waals surface area contributed by atoms with E-state index in [1.807, 2.05) is 5.80 Å². The van der Waals surface area contributed by atoms with Crippen molar-refractivity contribution in [1.82, 2.24) is 0 Å². The molecule has 1 aromatic heterocycles. The molecule has 2 nitrogen and oxygen atoms in total. The van der Waals surface area contributed by atoms with E-state index in [-0.39, 0.29) is 9.52 Å². The quantitative estimate of drug-likeness (QED) is 0.512. The van der Waals surface area contributed by atoms with E-state index >= 15 is 0 Å². The number of hydrogen-bond acceptors (Lipinski definition) is 2. The fourth-order valence-electron chi connectivity index (χ4n) is 1.06. The lowest BCUT2D eigenvalue weighted by Crippen LogP contribution is -2.13. The fourth-order valence-corrected chi connectivity index (χ4v) is 2.87. The summed E-state index contributed by atoms with van der Waals surface area (Å²) in [6.45, 7) is 0. The van der Waals surface area contributed by atoms with Crippen LogP contribution in [0.15, 0.2) is 11.9 Å². The van der Waals surface area contributed by atoms with Gasteiger partial charge in [0.25, 0.3) is 0 Å². The molecule has 0 amide bonds. The summed E-state index contributed by atoms with van der Waals surface area (Å²) in [6, 6.07) is 1.80. The molecule has 0 radical (unpaired) electrons. The topological polar surface area (TPSA) is 43.1 Å². The molecule has 0 aliphatic carbocycles. The third-order valence-electron chi connectivity index (χ3n) is 1.63. The Morgan fingerprint density at radius 1 is 1.64 bits per heavy atom. The number of rotatable bonds is 4. The number of nitrogens with two attached hydrogens (primary N) is 1. The van der Waals surface area contributed by atoms with Crippen molar-refractivity contribution in [2.24, 2.45) is 5.73 Å². The maximum absolute atomic E-state index is 11.7. The number of carbonyl (C=O) groups is 1. The van der Waals surface area contributed by atoms with E-state index in [2.05, 4.69) is 31.9 Å². The van der Waals surface area contributed by atoms with E-state index in [4.69, 9.17) is 18.0 Å². The summed E-state index contributed by atoms with van der Waals surface area (Å²) in [5.74, 6) is 1.99. The van der Waals surface area contributed by atoms with Crippen LogP contribution < -0.4 is 5.73 Å². The minimum absolute atomic E-state index is 0.0000655. The van der Waals surface area contributed by atoms with Gasteiger partial charge in [-0.2, -0.15) is 0 Å². The molecule has 1 unspecified atom stereocenters. The molecular formula is C8H8Br2NOPS. The second-order valence-corrected chi connectivity index (χ2v) is 7.65.